The van der Waals surface area contributed by atoms with Crippen molar-refractivity contribution in [1.82, 2.24) is 4.90 Å². The van der Waals surface area contributed by atoms with Gasteiger partial charge in [-0.15, -0.1) is 0 Å². The van der Waals surface area contributed by atoms with Crippen molar-refractivity contribution in [3.8, 4) is 5.75 Å². The summed E-state index contributed by atoms with van der Waals surface area (Å²) in [6.45, 7) is 2.32. The van der Waals surface area contributed by atoms with E-state index in [-0.39, 0.29) is 11.7 Å². The Morgan fingerprint density at radius 2 is 2.28 bits per heavy atom. The van der Waals surface area contributed by atoms with Crippen molar-refractivity contribution in [2.75, 3.05) is 13.1 Å². The van der Waals surface area contributed by atoms with Crippen LogP contribution in [-0.4, -0.2) is 41.2 Å². The molecule has 0 saturated carbocycles. The Kier molecular flexibility index (Phi) is 3.87. The van der Waals surface area contributed by atoms with Crippen molar-refractivity contribution < 1.29 is 19.0 Å². The monoisotopic (exact) mass is 317 g/mol. The molecule has 18 heavy (non-hydrogen) atoms. The smallest absolute Gasteiger partial charge is 0.263 e. The summed E-state index contributed by atoms with van der Waals surface area (Å²) in [5.74, 6) is -0.145. The third-order valence-electron chi connectivity index (χ3n) is 2.72. The van der Waals surface area contributed by atoms with Gasteiger partial charge < -0.3 is 14.7 Å². The second kappa shape index (κ2) is 5.24. The van der Waals surface area contributed by atoms with Crippen LogP contribution >= 0.6 is 15.9 Å². The Labute approximate surface area is 112 Å². The number of hydrogen-bond donors (Lipinski definition) is 1. The lowest BCUT2D eigenvalue weighted by atomic mass is 10.1. The van der Waals surface area contributed by atoms with E-state index in [2.05, 4.69) is 15.9 Å². The number of nitrogens with zero attached hydrogens (tertiary/aromatic N) is 1. The molecule has 1 aliphatic heterocycles. The Bertz CT molecular complexity index is 463. The van der Waals surface area contributed by atoms with Crippen molar-refractivity contribution in [2.45, 2.75) is 19.1 Å². The highest BCUT2D eigenvalue weighted by molar-refractivity contribution is 9.10. The van der Waals surface area contributed by atoms with E-state index in [1.165, 1.54) is 23.1 Å². The fraction of sp³-hybridized carbons (Fsp3) is 0.417. The number of carbonyl (C=O) groups excluding carboxylic acids is 1. The molecule has 1 unspecified atom stereocenters. The number of likely N-dealkylation sites (tertiary alicyclic amines) is 1. The SMILES string of the molecule is CC(Oc1ccc(F)cc1Br)C(=O)N1CC(O)C1. The maximum atomic E-state index is 12.9. The van der Waals surface area contributed by atoms with Gasteiger partial charge in [-0.05, 0) is 41.1 Å². The topological polar surface area (TPSA) is 49.8 Å². The van der Waals surface area contributed by atoms with Gasteiger partial charge in [0.05, 0.1) is 10.6 Å². The van der Waals surface area contributed by atoms with E-state index < -0.39 is 12.2 Å². The molecule has 0 spiro atoms. The summed E-state index contributed by atoms with van der Waals surface area (Å²) in [6, 6.07) is 4.01. The summed E-state index contributed by atoms with van der Waals surface area (Å²) in [5.41, 5.74) is 0. The van der Waals surface area contributed by atoms with Crippen LogP contribution in [0.5, 0.6) is 5.75 Å². The first-order chi connectivity index (χ1) is 8.47. The highest BCUT2D eigenvalue weighted by Crippen LogP contribution is 2.26. The van der Waals surface area contributed by atoms with E-state index in [9.17, 15) is 9.18 Å². The largest absolute Gasteiger partial charge is 0.480 e. The lowest BCUT2D eigenvalue weighted by Gasteiger charge is -2.37. The van der Waals surface area contributed by atoms with Crippen LogP contribution in [0.2, 0.25) is 0 Å². The minimum atomic E-state index is -0.667. The molecule has 98 valence electrons. The molecule has 1 aliphatic rings. The van der Waals surface area contributed by atoms with Crippen LogP contribution in [0, 0.1) is 5.82 Å². The predicted octanol–water partition coefficient (Wildman–Crippen LogP) is 1.56. The zero-order valence-corrected chi connectivity index (χ0v) is 11.4. The fourth-order valence-electron chi connectivity index (χ4n) is 1.70. The van der Waals surface area contributed by atoms with Gasteiger partial charge in [0.25, 0.3) is 5.91 Å². The van der Waals surface area contributed by atoms with E-state index in [0.29, 0.717) is 23.3 Å². The van der Waals surface area contributed by atoms with Gasteiger partial charge >= 0.3 is 0 Å². The van der Waals surface area contributed by atoms with Gasteiger partial charge in [0, 0.05) is 13.1 Å². The summed E-state index contributed by atoms with van der Waals surface area (Å²) in [5, 5.41) is 9.13. The van der Waals surface area contributed by atoms with Crippen LogP contribution in [0.4, 0.5) is 4.39 Å². The number of rotatable bonds is 3. The molecule has 0 aromatic heterocycles. The van der Waals surface area contributed by atoms with Gasteiger partial charge in [-0.2, -0.15) is 0 Å². The predicted molar refractivity (Wildman–Crippen MR) is 66.8 cm³/mol. The lowest BCUT2D eigenvalue weighted by Crippen LogP contribution is -2.56. The van der Waals surface area contributed by atoms with Crippen LogP contribution in [-0.2, 0) is 4.79 Å². The van der Waals surface area contributed by atoms with Crippen molar-refractivity contribution >= 4 is 21.8 Å². The summed E-state index contributed by atoms with van der Waals surface area (Å²) < 4.78 is 18.8. The second-order valence-corrected chi connectivity index (χ2v) is 5.09. The Hall–Kier alpha value is -1.14. The lowest BCUT2D eigenvalue weighted by molar-refractivity contribution is -0.148. The van der Waals surface area contributed by atoms with Crippen LogP contribution < -0.4 is 4.74 Å². The third-order valence-corrected chi connectivity index (χ3v) is 3.34. The second-order valence-electron chi connectivity index (χ2n) is 4.23. The number of aliphatic hydroxyl groups is 1. The summed E-state index contributed by atoms with van der Waals surface area (Å²) in [7, 11) is 0. The van der Waals surface area contributed by atoms with E-state index in [0.717, 1.165) is 0 Å². The molecule has 4 nitrogen and oxygen atoms in total. The van der Waals surface area contributed by atoms with Crippen molar-refractivity contribution in [2.24, 2.45) is 0 Å². The van der Waals surface area contributed by atoms with Crippen molar-refractivity contribution in [1.29, 1.82) is 0 Å². The van der Waals surface area contributed by atoms with E-state index >= 15 is 0 Å². The molecule has 1 atom stereocenters. The molecule has 0 radical (unpaired) electrons. The minimum Gasteiger partial charge on any atom is -0.480 e. The first kappa shape index (κ1) is 13.3. The molecule has 1 fully saturated rings. The van der Waals surface area contributed by atoms with E-state index in [4.69, 9.17) is 9.84 Å². The Morgan fingerprint density at radius 3 is 2.83 bits per heavy atom. The fourth-order valence-corrected chi connectivity index (χ4v) is 2.15. The summed E-state index contributed by atoms with van der Waals surface area (Å²) >= 11 is 3.17. The highest BCUT2D eigenvalue weighted by atomic mass is 79.9. The van der Waals surface area contributed by atoms with Crippen LogP contribution in [0.15, 0.2) is 22.7 Å². The summed E-state index contributed by atoms with van der Waals surface area (Å²) in [4.78, 5) is 13.4. The normalized spacial score (nSPS) is 17.2. The molecule has 1 heterocycles. The minimum absolute atomic E-state index is 0.184. The molecule has 1 aromatic carbocycles. The average Bonchev–Trinajstić information content (AvgIpc) is 2.27. The Balaban J connectivity index is 1.98. The number of amides is 1. The van der Waals surface area contributed by atoms with Crippen LogP contribution in [0.3, 0.4) is 0 Å². The Morgan fingerprint density at radius 1 is 1.61 bits per heavy atom. The average molecular weight is 318 g/mol. The number of carbonyl (C=O) groups is 1. The van der Waals surface area contributed by atoms with Gasteiger partial charge in [0.2, 0.25) is 0 Å². The third kappa shape index (κ3) is 2.81. The van der Waals surface area contributed by atoms with Gasteiger partial charge in [-0.1, -0.05) is 0 Å². The zero-order chi connectivity index (χ0) is 13.3. The number of ether oxygens (including phenoxy) is 1. The number of halogens is 2. The number of hydrogen-bond acceptors (Lipinski definition) is 3. The molecule has 1 N–H and O–H groups in total. The standard InChI is InChI=1S/C12H13BrFNO3/c1-7(12(17)15-5-9(16)6-15)18-11-3-2-8(14)4-10(11)13/h2-4,7,9,16H,5-6H2,1H3. The molecule has 6 heteroatoms. The van der Waals surface area contributed by atoms with Gasteiger partial charge in [-0.25, -0.2) is 4.39 Å². The molecule has 2 rings (SSSR count). The number of β-amino-alcohol motifs (C(OH)–C–C–N with tert-alkyl or cyclic N) is 1. The number of benzene rings is 1. The molecule has 1 amide bonds. The molecular weight excluding hydrogens is 305 g/mol. The zero-order valence-electron chi connectivity index (χ0n) is 9.77. The first-order valence-corrected chi connectivity index (χ1v) is 6.35. The van der Waals surface area contributed by atoms with Gasteiger partial charge in [0.1, 0.15) is 11.6 Å². The molecule has 0 bridgehead atoms. The number of aliphatic hydroxyl groups excluding tert-OH is 1. The van der Waals surface area contributed by atoms with E-state index in [1.807, 2.05) is 0 Å². The molecular formula is C12H13BrFNO3. The first-order valence-electron chi connectivity index (χ1n) is 5.56. The highest BCUT2D eigenvalue weighted by Gasteiger charge is 2.32. The van der Waals surface area contributed by atoms with Gasteiger partial charge in [-0.3, -0.25) is 4.79 Å². The van der Waals surface area contributed by atoms with Crippen LogP contribution in [0.25, 0.3) is 0 Å². The molecule has 1 saturated heterocycles. The van der Waals surface area contributed by atoms with Crippen molar-refractivity contribution in [3.63, 3.8) is 0 Å². The maximum Gasteiger partial charge on any atom is 0.263 e. The van der Waals surface area contributed by atoms with E-state index in [1.54, 1.807) is 6.92 Å². The van der Waals surface area contributed by atoms with Crippen LogP contribution in [0.1, 0.15) is 6.92 Å². The van der Waals surface area contributed by atoms with Gasteiger partial charge in [0.15, 0.2) is 6.10 Å². The van der Waals surface area contributed by atoms with Crippen molar-refractivity contribution in [3.05, 3.63) is 28.5 Å². The summed E-state index contributed by atoms with van der Waals surface area (Å²) in [6.07, 6.45) is -1.10. The molecule has 1 aromatic rings. The maximum absolute atomic E-state index is 12.9. The molecule has 0 aliphatic carbocycles. The quantitative estimate of drug-likeness (QED) is 0.920.